The highest BCUT2D eigenvalue weighted by Gasteiger charge is 2.24. The summed E-state index contributed by atoms with van der Waals surface area (Å²) < 4.78 is 0. The van der Waals surface area contributed by atoms with E-state index in [1.54, 1.807) is 13.8 Å². The number of H-pyrrole nitrogens is 1. The van der Waals surface area contributed by atoms with Crippen LogP contribution in [0.3, 0.4) is 0 Å². The van der Waals surface area contributed by atoms with Crippen LogP contribution < -0.4 is 5.32 Å². The topological polar surface area (TPSA) is 108 Å². The number of carbonyl (C=O) groups excluding carboxylic acids is 1. The van der Waals surface area contributed by atoms with Gasteiger partial charge in [-0.15, -0.1) is 0 Å². The van der Waals surface area contributed by atoms with Crippen LogP contribution >= 0.6 is 0 Å². The number of carboxylic acids is 1. The van der Waals surface area contributed by atoms with E-state index in [1.807, 2.05) is 0 Å². The summed E-state index contributed by atoms with van der Waals surface area (Å²) in [7, 11) is 0. The van der Waals surface area contributed by atoms with Crippen LogP contribution in [0, 0.1) is 5.92 Å². The maximum atomic E-state index is 11.4. The van der Waals surface area contributed by atoms with E-state index >= 15 is 0 Å². The van der Waals surface area contributed by atoms with Crippen LogP contribution in [0.1, 0.15) is 24.3 Å². The Bertz CT molecular complexity index is 347. The largest absolute Gasteiger partial charge is 0.480 e. The van der Waals surface area contributed by atoms with Gasteiger partial charge in [0.15, 0.2) is 5.69 Å². The third-order valence-electron chi connectivity index (χ3n) is 1.87. The van der Waals surface area contributed by atoms with Crippen molar-refractivity contribution in [1.29, 1.82) is 0 Å². The molecule has 0 aliphatic rings. The molecule has 0 radical (unpaired) electrons. The molecule has 7 nitrogen and oxygen atoms in total. The summed E-state index contributed by atoms with van der Waals surface area (Å²) >= 11 is 0. The van der Waals surface area contributed by atoms with E-state index in [2.05, 4.69) is 20.7 Å². The van der Waals surface area contributed by atoms with Crippen molar-refractivity contribution in [2.75, 3.05) is 0 Å². The monoisotopic (exact) mass is 212 g/mol. The quantitative estimate of drug-likeness (QED) is 0.631. The zero-order chi connectivity index (χ0) is 11.4. The van der Waals surface area contributed by atoms with Crippen LogP contribution in [0.25, 0.3) is 0 Å². The molecule has 0 aliphatic carbocycles. The van der Waals surface area contributed by atoms with Gasteiger partial charge in [0.05, 0.1) is 6.20 Å². The molecule has 1 rings (SSSR count). The van der Waals surface area contributed by atoms with Crippen molar-refractivity contribution < 1.29 is 14.7 Å². The maximum absolute atomic E-state index is 11.4. The van der Waals surface area contributed by atoms with Crippen LogP contribution in [0.5, 0.6) is 0 Å². The standard InChI is InChI=1S/C8H12N4O3/c1-4(2)6(8(14)15)10-7(13)5-3-9-12-11-5/h3-4,6H,1-2H3,(H,10,13)(H,14,15)(H,9,11,12)/t6-/m1/s1. The van der Waals surface area contributed by atoms with Gasteiger partial charge >= 0.3 is 5.97 Å². The summed E-state index contributed by atoms with van der Waals surface area (Å²) in [5.41, 5.74) is 0.0712. The Morgan fingerprint density at radius 2 is 2.20 bits per heavy atom. The third-order valence-corrected chi connectivity index (χ3v) is 1.87. The molecule has 0 fully saturated rings. The highest BCUT2D eigenvalue weighted by molar-refractivity contribution is 5.94. The van der Waals surface area contributed by atoms with E-state index in [0.717, 1.165) is 0 Å². The average Bonchev–Trinajstić information content (AvgIpc) is 2.65. The van der Waals surface area contributed by atoms with Gasteiger partial charge in [-0.25, -0.2) is 4.79 Å². The van der Waals surface area contributed by atoms with Crippen LogP contribution in [0.4, 0.5) is 0 Å². The maximum Gasteiger partial charge on any atom is 0.326 e. The van der Waals surface area contributed by atoms with E-state index in [4.69, 9.17) is 5.11 Å². The van der Waals surface area contributed by atoms with Crippen molar-refractivity contribution in [3.8, 4) is 0 Å². The molecule has 0 unspecified atom stereocenters. The second-order valence-electron chi connectivity index (χ2n) is 3.39. The van der Waals surface area contributed by atoms with Gasteiger partial charge in [0.1, 0.15) is 6.04 Å². The molecule has 0 aliphatic heterocycles. The lowest BCUT2D eigenvalue weighted by Crippen LogP contribution is -2.44. The van der Waals surface area contributed by atoms with Gasteiger partial charge in [-0.2, -0.15) is 15.4 Å². The molecule has 0 saturated heterocycles. The van der Waals surface area contributed by atoms with Gasteiger partial charge in [0, 0.05) is 0 Å². The van der Waals surface area contributed by atoms with Crippen LogP contribution in [0.15, 0.2) is 6.20 Å². The number of aromatic amines is 1. The Labute approximate surface area is 85.9 Å². The molecule has 1 amide bonds. The second kappa shape index (κ2) is 4.54. The number of carbonyl (C=O) groups is 2. The first-order valence-corrected chi connectivity index (χ1v) is 4.41. The predicted octanol–water partition coefficient (Wildman–Crippen LogP) is -0.356. The number of amides is 1. The van der Waals surface area contributed by atoms with Crippen LogP contribution in [-0.4, -0.2) is 38.4 Å². The number of hydrogen-bond acceptors (Lipinski definition) is 4. The molecule has 7 heteroatoms. The minimum absolute atomic E-state index is 0.0712. The SMILES string of the molecule is CC(C)[C@@H](NC(=O)c1cn[nH]n1)C(=O)O. The molecule has 0 aromatic carbocycles. The van der Waals surface area contributed by atoms with E-state index in [-0.39, 0.29) is 11.6 Å². The van der Waals surface area contributed by atoms with E-state index < -0.39 is 17.9 Å². The van der Waals surface area contributed by atoms with Crippen molar-refractivity contribution in [3.05, 3.63) is 11.9 Å². The normalized spacial score (nSPS) is 12.5. The zero-order valence-corrected chi connectivity index (χ0v) is 8.39. The number of rotatable bonds is 4. The highest BCUT2D eigenvalue weighted by atomic mass is 16.4. The fourth-order valence-corrected chi connectivity index (χ4v) is 1.04. The van der Waals surface area contributed by atoms with E-state index in [9.17, 15) is 9.59 Å². The molecule has 1 atom stereocenters. The summed E-state index contributed by atoms with van der Waals surface area (Å²) in [5, 5.41) is 20.5. The number of carboxylic acid groups (broad SMARTS) is 1. The average molecular weight is 212 g/mol. The van der Waals surface area contributed by atoms with E-state index in [1.165, 1.54) is 6.20 Å². The predicted molar refractivity (Wildman–Crippen MR) is 50.1 cm³/mol. The number of aromatic nitrogens is 3. The van der Waals surface area contributed by atoms with Gasteiger partial charge in [0.25, 0.3) is 5.91 Å². The molecular weight excluding hydrogens is 200 g/mol. The third kappa shape index (κ3) is 2.76. The first-order valence-electron chi connectivity index (χ1n) is 4.41. The molecular formula is C8H12N4O3. The molecule has 0 saturated carbocycles. The smallest absolute Gasteiger partial charge is 0.326 e. The summed E-state index contributed by atoms with van der Waals surface area (Å²) in [6.45, 7) is 3.42. The van der Waals surface area contributed by atoms with Gasteiger partial charge in [-0.05, 0) is 5.92 Å². The zero-order valence-electron chi connectivity index (χ0n) is 8.39. The lowest BCUT2D eigenvalue weighted by Gasteiger charge is -2.16. The number of nitrogens with one attached hydrogen (secondary N) is 2. The van der Waals surface area contributed by atoms with Crippen molar-refractivity contribution in [2.24, 2.45) is 5.92 Å². The summed E-state index contributed by atoms with van der Waals surface area (Å²) in [6.07, 6.45) is 1.23. The lowest BCUT2D eigenvalue weighted by atomic mass is 10.0. The van der Waals surface area contributed by atoms with Gasteiger partial charge in [-0.1, -0.05) is 13.8 Å². The fraction of sp³-hybridized carbons (Fsp3) is 0.500. The minimum atomic E-state index is -1.07. The molecule has 0 spiro atoms. The summed E-state index contributed by atoms with van der Waals surface area (Å²) in [5.74, 6) is -1.81. The highest BCUT2D eigenvalue weighted by Crippen LogP contribution is 2.02. The summed E-state index contributed by atoms with van der Waals surface area (Å²) in [4.78, 5) is 22.2. The van der Waals surface area contributed by atoms with Gasteiger partial charge < -0.3 is 10.4 Å². The van der Waals surface area contributed by atoms with Crippen molar-refractivity contribution in [2.45, 2.75) is 19.9 Å². The van der Waals surface area contributed by atoms with Crippen molar-refractivity contribution in [3.63, 3.8) is 0 Å². The Morgan fingerprint density at radius 3 is 2.60 bits per heavy atom. The molecule has 1 heterocycles. The Balaban J connectivity index is 2.67. The molecule has 15 heavy (non-hydrogen) atoms. The first-order chi connectivity index (χ1) is 7.02. The van der Waals surface area contributed by atoms with E-state index in [0.29, 0.717) is 0 Å². The summed E-state index contributed by atoms with van der Waals surface area (Å²) in [6, 6.07) is -0.922. The first kappa shape index (κ1) is 11.2. The van der Waals surface area contributed by atoms with Crippen LogP contribution in [-0.2, 0) is 4.79 Å². The van der Waals surface area contributed by atoms with Crippen molar-refractivity contribution >= 4 is 11.9 Å². The fourth-order valence-electron chi connectivity index (χ4n) is 1.04. The van der Waals surface area contributed by atoms with Gasteiger partial charge in [-0.3, -0.25) is 4.79 Å². The molecule has 82 valence electrons. The number of nitrogens with zero attached hydrogens (tertiary/aromatic N) is 2. The molecule has 0 bridgehead atoms. The molecule has 1 aromatic heterocycles. The lowest BCUT2D eigenvalue weighted by molar-refractivity contribution is -0.140. The Kier molecular flexibility index (Phi) is 3.37. The second-order valence-corrected chi connectivity index (χ2v) is 3.39. The number of hydrogen-bond donors (Lipinski definition) is 3. The van der Waals surface area contributed by atoms with Gasteiger partial charge in [0.2, 0.25) is 0 Å². The minimum Gasteiger partial charge on any atom is -0.480 e. The molecule has 3 N–H and O–H groups in total. The Morgan fingerprint density at radius 1 is 1.53 bits per heavy atom. The molecule has 1 aromatic rings. The van der Waals surface area contributed by atoms with Crippen LogP contribution in [0.2, 0.25) is 0 Å². The number of aliphatic carboxylic acids is 1. The van der Waals surface area contributed by atoms with Crippen molar-refractivity contribution in [1.82, 2.24) is 20.7 Å². The Hall–Kier alpha value is -1.92.